The molecular weight excluding hydrogens is 318 g/mol. The zero-order valence-electron chi connectivity index (χ0n) is 15.5. The monoisotopic (exact) mass is 347 g/mol. The van der Waals surface area contributed by atoms with Crippen LogP contribution in [0.2, 0.25) is 0 Å². The molecule has 1 unspecified atom stereocenters. The Morgan fingerprint density at radius 3 is 2.80 bits per heavy atom. The maximum Gasteiger partial charge on any atom is 0.260 e. The maximum absolute atomic E-state index is 12.6. The van der Waals surface area contributed by atoms with Crippen molar-refractivity contribution in [3.05, 3.63) is 29.3 Å². The Morgan fingerprint density at radius 2 is 2.08 bits per heavy atom. The number of rotatable bonds is 5. The number of hydrogen-bond donors (Lipinski definition) is 0. The van der Waals surface area contributed by atoms with Crippen molar-refractivity contribution in [1.82, 2.24) is 4.90 Å². The van der Waals surface area contributed by atoms with Gasteiger partial charge in [0.15, 0.2) is 12.9 Å². The molecule has 1 aromatic carbocycles. The molecule has 5 heteroatoms. The van der Waals surface area contributed by atoms with E-state index in [2.05, 4.69) is 26.0 Å². The molecule has 2 aliphatic rings. The van der Waals surface area contributed by atoms with E-state index in [1.165, 1.54) is 5.56 Å². The third-order valence-electron chi connectivity index (χ3n) is 5.07. The first kappa shape index (κ1) is 18.2. The minimum atomic E-state index is -0.151. The lowest BCUT2D eigenvalue weighted by molar-refractivity contribution is -0.141. The van der Waals surface area contributed by atoms with Gasteiger partial charge in [0.2, 0.25) is 0 Å². The van der Waals surface area contributed by atoms with E-state index in [0.717, 1.165) is 30.7 Å². The van der Waals surface area contributed by atoms with Crippen LogP contribution in [0.15, 0.2) is 18.2 Å². The summed E-state index contributed by atoms with van der Waals surface area (Å²) in [6, 6.07) is 6.22. The molecule has 1 amide bonds. The summed E-state index contributed by atoms with van der Waals surface area (Å²) in [5.74, 6) is 1.55. The smallest absolute Gasteiger partial charge is 0.260 e. The first-order valence-electron chi connectivity index (χ1n) is 9.29. The number of amides is 1. The molecule has 3 rings (SSSR count). The number of aryl methyl sites for hydroxylation is 1. The van der Waals surface area contributed by atoms with Gasteiger partial charge >= 0.3 is 0 Å². The largest absolute Gasteiger partial charge is 0.483 e. The van der Waals surface area contributed by atoms with Gasteiger partial charge in [0.1, 0.15) is 5.75 Å². The van der Waals surface area contributed by atoms with E-state index in [1.807, 2.05) is 17.9 Å². The van der Waals surface area contributed by atoms with Crippen molar-refractivity contribution < 1.29 is 19.0 Å². The summed E-state index contributed by atoms with van der Waals surface area (Å²) >= 11 is 0. The van der Waals surface area contributed by atoms with Crippen molar-refractivity contribution in [2.75, 3.05) is 32.9 Å². The lowest BCUT2D eigenvalue weighted by atomic mass is 9.97. The molecule has 1 atom stereocenters. The van der Waals surface area contributed by atoms with Gasteiger partial charge in [-0.3, -0.25) is 4.79 Å². The maximum atomic E-state index is 12.6. The Hall–Kier alpha value is -1.59. The van der Waals surface area contributed by atoms with Crippen molar-refractivity contribution in [3.8, 4) is 5.75 Å². The van der Waals surface area contributed by atoms with E-state index in [9.17, 15) is 4.79 Å². The second kappa shape index (κ2) is 8.19. The quantitative estimate of drug-likeness (QED) is 0.821. The standard InChI is InChI=1S/C20H29NO4/c1-14(2)16-7-6-15(3)18(11-16)25-13-19(22)21-8-4-5-17(12-21)20-23-9-10-24-20/h6-7,11,14,17,20H,4-5,8-10,12-13H2,1-3H3. The van der Waals surface area contributed by atoms with Gasteiger partial charge < -0.3 is 19.1 Å². The zero-order valence-corrected chi connectivity index (χ0v) is 15.5. The van der Waals surface area contributed by atoms with Crippen LogP contribution >= 0.6 is 0 Å². The first-order valence-corrected chi connectivity index (χ1v) is 9.29. The van der Waals surface area contributed by atoms with E-state index in [0.29, 0.717) is 25.7 Å². The number of carbonyl (C=O) groups excluding carboxylic acids is 1. The zero-order chi connectivity index (χ0) is 17.8. The Morgan fingerprint density at radius 1 is 1.32 bits per heavy atom. The molecule has 0 spiro atoms. The molecule has 2 aliphatic heterocycles. The van der Waals surface area contributed by atoms with Gasteiger partial charge in [-0.15, -0.1) is 0 Å². The van der Waals surface area contributed by atoms with Crippen LogP contribution in [0.4, 0.5) is 0 Å². The SMILES string of the molecule is Cc1ccc(C(C)C)cc1OCC(=O)N1CCCC(C2OCCO2)C1. The van der Waals surface area contributed by atoms with Gasteiger partial charge in [0.25, 0.3) is 5.91 Å². The average molecular weight is 347 g/mol. The van der Waals surface area contributed by atoms with Gasteiger partial charge in [-0.25, -0.2) is 0 Å². The predicted molar refractivity (Wildman–Crippen MR) is 95.8 cm³/mol. The second-order valence-corrected chi connectivity index (χ2v) is 7.32. The van der Waals surface area contributed by atoms with Crippen LogP contribution in [0.1, 0.15) is 43.7 Å². The van der Waals surface area contributed by atoms with Crippen molar-refractivity contribution >= 4 is 5.91 Å². The van der Waals surface area contributed by atoms with Crippen LogP contribution in [0, 0.1) is 12.8 Å². The molecule has 0 aromatic heterocycles. The molecule has 2 fully saturated rings. The fraction of sp³-hybridized carbons (Fsp3) is 0.650. The fourth-order valence-corrected chi connectivity index (χ4v) is 3.47. The minimum Gasteiger partial charge on any atom is -0.483 e. The molecule has 25 heavy (non-hydrogen) atoms. The topological polar surface area (TPSA) is 48.0 Å². The molecule has 5 nitrogen and oxygen atoms in total. The molecule has 2 saturated heterocycles. The average Bonchev–Trinajstić information content (AvgIpc) is 3.15. The molecule has 0 saturated carbocycles. The first-order chi connectivity index (χ1) is 12.0. The van der Waals surface area contributed by atoms with Crippen molar-refractivity contribution in [1.29, 1.82) is 0 Å². The molecule has 1 aromatic rings. The third-order valence-corrected chi connectivity index (χ3v) is 5.07. The highest BCUT2D eigenvalue weighted by molar-refractivity contribution is 5.78. The number of likely N-dealkylation sites (tertiary alicyclic amines) is 1. The Bertz CT molecular complexity index is 595. The molecule has 138 valence electrons. The highest BCUT2D eigenvalue weighted by Crippen LogP contribution is 2.26. The van der Waals surface area contributed by atoms with Gasteiger partial charge in [-0.2, -0.15) is 0 Å². The number of hydrogen-bond acceptors (Lipinski definition) is 4. The van der Waals surface area contributed by atoms with Crippen molar-refractivity contribution in [2.45, 2.75) is 45.8 Å². The molecule has 0 N–H and O–H groups in total. The summed E-state index contributed by atoms with van der Waals surface area (Å²) in [5.41, 5.74) is 2.28. The van der Waals surface area contributed by atoms with E-state index >= 15 is 0 Å². The van der Waals surface area contributed by atoms with Crippen molar-refractivity contribution in [3.63, 3.8) is 0 Å². The lowest BCUT2D eigenvalue weighted by Crippen LogP contribution is -2.45. The van der Waals surface area contributed by atoms with Gasteiger partial charge in [-0.1, -0.05) is 26.0 Å². The summed E-state index contributed by atoms with van der Waals surface area (Å²) in [5, 5.41) is 0. The number of carbonyl (C=O) groups is 1. The van der Waals surface area contributed by atoms with Gasteiger partial charge in [0, 0.05) is 19.0 Å². The number of piperidine rings is 1. The van der Waals surface area contributed by atoms with Gasteiger partial charge in [-0.05, 0) is 42.9 Å². The van der Waals surface area contributed by atoms with Crippen molar-refractivity contribution in [2.24, 2.45) is 5.92 Å². The molecule has 2 heterocycles. The Kier molecular flexibility index (Phi) is 5.97. The van der Waals surface area contributed by atoms with E-state index in [4.69, 9.17) is 14.2 Å². The highest BCUT2D eigenvalue weighted by Gasteiger charge is 2.32. The summed E-state index contributed by atoms with van der Waals surface area (Å²) in [6.45, 7) is 9.19. The number of nitrogens with zero attached hydrogens (tertiary/aromatic N) is 1. The Balaban J connectivity index is 1.56. The van der Waals surface area contributed by atoms with Crippen LogP contribution in [0.25, 0.3) is 0 Å². The normalized spacial score (nSPS) is 21.8. The molecule has 0 radical (unpaired) electrons. The van der Waals surface area contributed by atoms with E-state index in [1.54, 1.807) is 0 Å². The van der Waals surface area contributed by atoms with Crippen LogP contribution in [-0.4, -0.2) is 50.0 Å². The molecule has 0 aliphatic carbocycles. The highest BCUT2D eigenvalue weighted by atomic mass is 16.7. The van der Waals surface area contributed by atoms with E-state index < -0.39 is 0 Å². The van der Waals surface area contributed by atoms with Gasteiger partial charge in [0.05, 0.1) is 13.2 Å². The van der Waals surface area contributed by atoms with E-state index in [-0.39, 0.29) is 24.7 Å². The summed E-state index contributed by atoms with van der Waals surface area (Å²) < 4.78 is 17.1. The molecule has 0 bridgehead atoms. The Labute approximate surface area is 150 Å². The number of ether oxygens (including phenoxy) is 3. The second-order valence-electron chi connectivity index (χ2n) is 7.32. The molecular formula is C20H29NO4. The summed E-state index contributed by atoms with van der Waals surface area (Å²) in [7, 11) is 0. The summed E-state index contributed by atoms with van der Waals surface area (Å²) in [4.78, 5) is 14.5. The third kappa shape index (κ3) is 4.53. The number of benzene rings is 1. The minimum absolute atomic E-state index is 0.0389. The van der Waals surface area contributed by atoms with Crippen LogP contribution in [0.3, 0.4) is 0 Å². The summed E-state index contributed by atoms with van der Waals surface area (Å²) in [6.07, 6.45) is 1.88. The fourth-order valence-electron chi connectivity index (χ4n) is 3.47. The van der Waals surface area contributed by atoms with Crippen LogP contribution in [-0.2, 0) is 14.3 Å². The lowest BCUT2D eigenvalue weighted by Gasteiger charge is -2.34. The van der Waals surface area contributed by atoms with Crippen LogP contribution < -0.4 is 4.74 Å². The predicted octanol–water partition coefficient (Wildman–Crippen LogP) is 3.11. The van der Waals surface area contributed by atoms with Crippen LogP contribution in [0.5, 0.6) is 5.75 Å².